The van der Waals surface area contributed by atoms with Crippen molar-refractivity contribution in [2.24, 2.45) is 0 Å². The number of benzene rings is 1. The number of piperazine rings is 2. The maximum atomic E-state index is 13.0. The van der Waals surface area contributed by atoms with E-state index < -0.39 is 0 Å². The van der Waals surface area contributed by atoms with Crippen LogP contribution in [0.3, 0.4) is 0 Å². The highest BCUT2D eigenvalue weighted by Crippen LogP contribution is 2.22. The second kappa shape index (κ2) is 8.80. The number of carbonyl (C=O) groups is 1. The Hall–Kier alpha value is -1.63. The van der Waals surface area contributed by atoms with Crippen molar-refractivity contribution in [2.75, 3.05) is 70.3 Å². The largest absolute Gasteiger partial charge is 0.369 e. The average Bonchev–Trinajstić information content (AvgIpc) is 3.24. The van der Waals surface area contributed by atoms with E-state index in [0.29, 0.717) is 12.1 Å². The van der Waals surface area contributed by atoms with E-state index in [4.69, 9.17) is 0 Å². The summed E-state index contributed by atoms with van der Waals surface area (Å²) in [5.74, 6) is 0.189. The van der Waals surface area contributed by atoms with Crippen LogP contribution in [0.15, 0.2) is 24.3 Å². The van der Waals surface area contributed by atoms with Gasteiger partial charge in [-0.05, 0) is 44.5 Å². The lowest BCUT2D eigenvalue weighted by Crippen LogP contribution is -2.49. The summed E-state index contributed by atoms with van der Waals surface area (Å²) in [6, 6.07) is 9.44. The van der Waals surface area contributed by atoms with Gasteiger partial charge in [0.25, 0.3) is 5.91 Å². The first-order valence-electron chi connectivity index (χ1n) is 10.9. The molecule has 1 amide bonds. The van der Waals surface area contributed by atoms with Crippen LogP contribution in [0.4, 0.5) is 5.69 Å². The summed E-state index contributed by atoms with van der Waals surface area (Å²) in [7, 11) is 0. The topological polar surface area (TPSA) is 42.1 Å². The zero-order valence-electron chi connectivity index (χ0n) is 17.4. The molecule has 1 N–H and O–H groups in total. The van der Waals surface area contributed by atoms with Crippen molar-refractivity contribution in [1.82, 2.24) is 20.0 Å². The summed E-state index contributed by atoms with van der Waals surface area (Å²) in [4.78, 5) is 22.5. The van der Waals surface area contributed by atoms with Crippen LogP contribution in [-0.4, -0.2) is 98.1 Å². The van der Waals surface area contributed by atoms with Crippen molar-refractivity contribution in [3.05, 3.63) is 29.8 Å². The molecule has 3 aliphatic heterocycles. The lowest BCUT2D eigenvalue weighted by Gasteiger charge is -2.38. The van der Waals surface area contributed by atoms with Crippen molar-refractivity contribution in [2.45, 2.75) is 32.4 Å². The zero-order chi connectivity index (χ0) is 19.5. The molecule has 0 spiro atoms. The number of hydrogen-bond donors (Lipinski definition) is 1. The summed E-state index contributed by atoms with van der Waals surface area (Å²) < 4.78 is 0. The fourth-order valence-electron chi connectivity index (χ4n) is 4.77. The van der Waals surface area contributed by atoms with Gasteiger partial charge in [-0.25, -0.2) is 0 Å². The summed E-state index contributed by atoms with van der Waals surface area (Å²) in [5, 5.41) is 3.41. The Kier molecular flexibility index (Phi) is 6.19. The van der Waals surface area contributed by atoms with Crippen molar-refractivity contribution in [3.63, 3.8) is 0 Å². The van der Waals surface area contributed by atoms with Gasteiger partial charge in [0.1, 0.15) is 0 Å². The molecule has 3 aliphatic rings. The SMILES string of the molecule is CC(C)N1CCN(c2ccc(C(=O)N3CCC(N4CCNCC4)C3)cc2)CC1. The van der Waals surface area contributed by atoms with Gasteiger partial charge < -0.3 is 15.1 Å². The second-order valence-corrected chi connectivity index (χ2v) is 8.64. The third kappa shape index (κ3) is 4.34. The molecule has 0 bridgehead atoms. The molecular weight excluding hydrogens is 350 g/mol. The predicted octanol–water partition coefficient (Wildman–Crippen LogP) is 1.34. The van der Waals surface area contributed by atoms with Gasteiger partial charge in [0.2, 0.25) is 0 Å². The Balaban J connectivity index is 1.32. The molecule has 6 nitrogen and oxygen atoms in total. The van der Waals surface area contributed by atoms with E-state index in [1.165, 1.54) is 5.69 Å². The lowest BCUT2D eigenvalue weighted by molar-refractivity contribution is 0.0773. The van der Waals surface area contributed by atoms with Gasteiger partial charge in [-0.3, -0.25) is 14.6 Å². The molecule has 0 radical (unpaired) electrons. The van der Waals surface area contributed by atoms with E-state index in [0.717, 1.165) is 77.4 Å². The van der Waals surface area contributed by atoms with Gasteiger partial charge in [-0.1, -0.05) is 0 Å². The molecule has 1 aromatic rings. The first-order valence-corrected chi connectivity index (χ1v) is 10.9. The Morgan fingerprint density at radius 3 is 2.29 bits per heavy atom. The third-order valence-corrected chi connectivity index (χ3v) is 6.64. The molecule has 0 saturated carbocycles. The normalized spacial score (nSPS) is 24.9. The van der Waals surface area contributed by atoms with E-state index in [1.54, 1.807) is 0 Å². The first kappa shape index (κ1) is 19.7. The molecule has 154 valence electrons. The summed E-state index contributed by atoms with van der Waals surface area (Å²) in [5.41, 5.74) is 2.06. The Morgan fingerprint density at radius 1 is 0.964 bits per heavy atom. The monoisotopic (exact) mass is 385 g/mol. The van der Waals surface area contributed by atoms with Gasteiger partial charge in [-0.15, -0.1) is 0 Å². The highest BCUT2D eigenvalue weighted by atomic mass is 16.2. The molecule has 0 aromatic heterocycles. The number of nitrogens with zero attached hydrogens (tertiary/aromatic N) is 4. The quantitative estimate of drug-likeness (QED) is 0.847. The molecule has 0 aliphatic carbocycles. The minimum Gasteiger partial charge on any atom is -0.369 e. The molecule has 1 atom stereocenters. The minimum absolute atomic E-state index is 0.189. The summed E-state index contributed by atoms with van der Waals surface area (Å²) in [6.45, 7) is 15.0. The summed E-state index contributed by atoms with van der Waals surface area (Å²) >= 11 is 0. The van der Waals surface area contributed by atoms with Crippen LogP contribution in [0.25, 0.3) is 0 Å². The Bertz CT molecular complexity index is 647. The smallest absolute Gasteiger partial charge is 0.253 e. The van der Waals surface area contributed by atoms with Crippen LogP contribution in [0.5, 0.6) is 0 Å². The number of likely N-dealkylation sites (tertiary alicyclic amines) is 1. The highest BCUT2D eigenvalue weighted by molar-refractivity contribution is 5.94. The Labute approximate surface area is 169 Å². The number of carbonyl (C=O) groups excluding carboxylic acids is 1. The van der Waals surface area contributed by atoms with E-state index in [1.807, 2.05) is 17.0 Å². The van der Waals surface area contributed by atoms with E-state index in [2.05, 4.69) is 46.0 Å². The fourth-order valence-corrected chi connectivity index (χ4v) is 4.77. The highest BCUT2D eigenvalue weighted by Gasteiger charge is 2.31. The summed E-state index contributed by atoms with van der Waals surface area (Å²) in [6.07, 6.45) is 1.10. The molecule has 3 fully saturated rings. The van der Waals surface area contributed by atoms with E-state index >= 15 is 0 Å². The van der Waals surface area contributed by atoms with Crippen LogP contribution in [0, 0.1) is 0 Å². The van der Waals surface area contributed by atoms with Gasteiger partial charge in [0, 0.05) is 88.8 Å². The average molecular weight is 386 g/mol. The predicted molar refractivity (Wildman–Crippen MR) is 114 cm³/mol. The van der Waals surface area contributed by atoms with Gasteiger partial charge >= 0.3 is 0 Å². The minimum atomic E-state index is 0.189. The third-order valence-electron chi connectivity index (χ3n) is 6.64. The molecule has 6 heteroatoms. The van der Waals surface area contributed by atoms with Crippen molar-refractivity contribution in [1.29, 1.82) is 0 Å². The number of hydrogen-bond acceptors (Lipinski definition) is 5. The Morgan fingerprint density at radius 2 is 1.64 bits per heavy atom. The molecular formula is C22H35N5O. The second-order valence-electron chi connectivity index (χ2n) is 8.64. The van der Waals surface area contributed by atoms with Crippen LogP contribution in [0.1, 0.15) is 30.6 Å². The molecule has 1 unspecified atom stereocenters. The number of amides is 1. The first-order chi connectivity index (χ1) is 13.6. The number of rotatable bonds is 4. The number of anilines is 1. The fraction of sp³-hybridized carbons (Fsp3) is 0.682. The van der Waals surface area contributed by atoms with Crippen LogP contribution in [0.2, 0.25) is 0 Å². The molecule has 3 heterocycles. The van der Waals surface area contributed by atoms with Gasteiger partial charge in [0.05, 0.1) is 0 Å². The van der Waals surface area contributed by atoms with Crippen LogP contribution in [-0.2, 0) is 0 Å². The molecule has 4 rings (SSSR count). The van der Waals surface area contributed by atoms with Crippen LogP contribution < -0.4 is 10.2 Å². The molecule has 3 saturated heterocycles. The van der Waals surface area contributed by atoms with E-state index in [9.17, 15) is 4.79 Å². The zero-order valence-corrected chi connectivity index (χ0v) is 17.4. The van der Waals surface area contributed by atoms with Crippen LogP contribution >= 0.6 is 0 Å². The maximum absolute atomic E-state index is 13.0. The van der Waals surface area contributed by atoms with E-state index in [-0.39, 0.29) is 5.91 Å². The van der Waals surface area contributed by atoms with Crippen molar-refractivity contribution in [3.8, 4) is 0 Å². The maximum Gasteiger partial charge on any atom is 0.253 e. The van der Waals surface area contributed by atoms with Crippen molar-refractivity contribution >= 4 is 11.6 Å². The number of nitrogens with one attached hydrogen (secondary N) is 1. The molecule has 28 heavy (non-hydrogen) atoms. The standard InChI is InChI=1S/C22H35N5O/c1-18(2)24-13-15-26(16-14-24)20-5-3-19(4-6-20)22(28)27-10-7-21(17-27)25-11-8-23-9-12-25/h3-6,18,21,23H,7-17H2,1-2H3. The van der Waals surface area contributed by atoms with Crippen molar-refractivity contribution < 1.29 is 4.79 Å². The van der Waals surface area contributed by atoms with Gasteiger partial charge in [-0.2, -0.15) is 0 Å². The molecule has 1 aromatic carbocycles. The van der Waals surface area contributed by atoms with Gasteiger partial charge in [0.15, 0.2) is 0 Å². The lowest BCUT2D eigenvalue weighted by atomic mass is 10.1.